The highest BCUT2D eigenvalue weighted by Gasteiger charge is 2.35. The maximum Gasteiger partial charge on any atom is 0.262 e. The van der Waals surface area contributed by atoms with Gasteiger partial charge in [0, 0.05) is 33.9 Å². The van der Waals surface area contributed by atoms with Gasteiger partial charge < -0.3 is 14.2 Å². The van der Waals surface area contributed by atoms with Crippen LogP contribution in [0.25, 0.3) is 0 Å². The number of aryl methyl sites for hydroxylation is 2. The number of rotatable bonds is 5. The van der Waals surface area contributed by atoms with E-state index in [0.29, 0.717) is 30.5 Å². The van der Waals surface area contributed by atoms with Gasteiger partial charge in [-0.05, 0) is 13.3 Å². The molecule has 1 aliphatic rings. The topological polar surface area (TPSA) is 93.4 Å². The first kappa shape index (κ1) is 17.6. The van der Waals surface area contributed by atoms with Gasteiger partial charge in [-0.3, -0.25) is 4.98 Å². The van der Waals surface area contributed by atoms with Crippen molar-refractivity contribution in [1.82, 2.24) is 23.8 Å². The summed E-state index contributed by atoms with van der Waals surface area (Å²) in [5, 5.41) is 0.0718. The number of hydrogen-bond acceptors (Lipinski definition) is 7. The van der Waals surface area contributed by atoms with Crippen LogP contribution in [0.3, 0.4) is 0 Å². The van der Waals surface area contributed by atoms with Crippen molar-refractivity contribution in [3.63, 3.8) is 0 Å². The first-order valence-electron chi connectivity index (χ1n) is 7.93. The van der Waals surface area contributed by atoms with Crippen molar-refractivity contribution < 1.29 is 13.2 Å². The van der Waals surface area contributed by atoms with E-state index in [9.17, 15) is 8.42 Å². The minimum absolute atomic E-state index is 0.0718. The summed E-state index contributed by atoms with van der Waals surface area (Å²) in [4.78, 5) is 14.4. The molecule has 2 aromatic heterocycles. The van der Waals surface area contributed by atoms with Crippen molar-refractivity contribution in [3.05, 3.63) is 24.4 Å². The number of sulfonamides is 1. The molecule has 136 valence electrons. The van der Waals surface area contributed by atoms with Crippen molar-refractivity contribution in [1.29, 1.82) is 0 Å². The maximum absolute atomic E-state index is 12.7. The van der Waals surface area contributed by atoms with Crippen LogP contribution in [0, 0.1) is 6.92 Å². The Kier molecular flexibility index (Phi) is 4.65. The molecule has 0 saturated carbocycles. The Hall–Kier alpha value is -2.20. The predicted octanol–water partition coefficient (Wildman–Crippen LogP) is 0.427. The summed E-state index contributed by atoms with van der Waals surface area (Å²) < 4.78 is 34.3. The van der Waals surface area contributed by atoms with Gasteiger partial charge in [-0.25, -0.2) is 13.4 Å². The Bertz CT molecular complexity index is 844. The molecule has 0 amide bonds. The summed E-state index contributed by atoms with van der Waals surface area (Å²) in [6.45, 7) is 2.43. The van der Waals surface area contributed by atoms with Crippen molar-refractivity contribution >= 4 is 15.8 Å². The molecule has 3 heterocycles. The third kappa shape index (κ3) is 3.59. The average Bonchev–Trinajstić information content (AvgIpc) is 3.16. The van der Waals surface area contributed by atoms with E-state index in [-0.39, 0.29) is 17.7 Å². The second kappa shape index (κ2) is 6.60. The summed E-state index contributed by atoms with van der Waals surface area (Å²) >= 11 is 0. The average molecular weight is 366 g/mol. The Labute approximate surface area is 147 Å². The molecule has 2 aromatic rings. The summed E-state index contributed by atoms with van der Waals surface area (Å²) in [5.74, 6) is 1.73. The molecule has 0 N–H and O–H groups in total. The van der Waals surface area contributed by atoms with Gasteiger partial charge in [0.15, 0.2) is 10.8 Å². The zero-order chi connectivity index (χ0) is 18.2. The van der Waals surface area contributed by atoms with Gasteiger partial charge >= 0.3 is 0 Å². The first-order chi connectivity index (χ1) is 11.8. The number of nitrogens with zero attached hydrogens (tertiary/aromatic N) is 6. The smallest absolute Gasteiger partial charge is 0.262 e. The fourth-order valence-corrected chi connectivity index (χ4v) is 4.09. The Morgan fingerprint density at radius 3 is 2.68 bits per heavy atom. The third-order valence-corrected chi connectivity index (χ3v) is 5.88. The van der Waals surface area contributed by atoms with Crippen molar-refractivity contribution in [2.24, 2.45) is 7.05 Å². The van der Waals surface area contributed by atoms with Crippen LogP contribution in [0.4, 0.5) is 5.82 Å². The highest BCUT2D eigenvalue weighted by Crippen LogP contribution is 2.23. The van der Waals surface area contributed by atoms with Crippen LogP contribution in [0.2, 0.25) is 0 Å². The predicted molar refractivity (Wildman–Crippen MR) is 92.1 cm³/mol. The molecule has 0 spiro atoms. The highest BCUT2D eigenvalue weighted by atomic mass is 32.2. The van der Waals surface area contributed by atoms with Gasteiger partial charge in [0.05, 0.1) is 18.9 Å². The molecule has 0 bridgehead atoms. The molecular formula is C15H22N6O3S. The highest BCUT2D eigenvalue weighted by molar-refractivity contribution is 7.89. The van der Waals surface area contributed by atoms with E-state index in [1.807, 2.05) is 19.0 Å². The fourth-order valence-electron chi connectivity index (χ4n) is 2.58. The molecule has 1 atom stereocenters. The van der Waals surface area contributed by atoms with Gasteiger partial charge in [0.2, 0.25) is 5.88 Å². The lowest BCUT2D eigenvalue weighted by Crippen LogP contribution is -2.31. The summed E-state index contributed by atoms with van der Waals surface area (Å²) in [7, 11) is 1.90. The molecule has 0 radical (unpaired) electrons. The van der Waals surface area contributed by atoms with E-state index in [4.69, 9.17) is 4.74 Å². The van der Waals surface area contributed by atoms with Crippen molar-refractivity contribution in [2.45, 2.75) is 24.5 Å². The van der Waals surface area contributed by atoms with E-state index in [1.54, 1.807) is 24.7 Å². The number of ether oxygens (including phenoxy) is 1. The first-order valence-corrected chi connectivity index (χ1v) is 9.37. The zero-order valence-electron chi connectivity index (χ0n) is 14.7. The molecule has 3 rings (SSSR count). The van der Waals surface area contributed by atoms with E-state index < -0.39 is 10.0 Å². The SMILES string of the molecule is Cc1nc(S(=O)(=O)N2CCC(Oc3cncc(N(C)C)n3)C2)cn1C. The Morgan fingerprint density at radius 2 is 2.04 bits per heavy atom. The molecule has 9 nitrogen and oxygen atoms in total. The second-order valence-electron chi connectivity index (χ2n) is 6.24. The van der Waals surface area contributed by atoms with Crippen LogP contribution in [0.1, 0.15) is 12.2 Å². The second-order valence-corrected chi connectivity index (χ2v) is 8.12. The van der Waals surface area contributed by atoms with Crippen LogP contribution >= 0.6 is 0 Å². The van der Waals surface area contributed by atoms with E-state index in [1.165, 1.54) is 16.7 Å². The minimum atomic E-state index is -3.61. The van der Waals surface area contributed by atoms with Crippen LogP contribution in [-0.2, 0) is 17.1 Å². The zero-order valence-corrected chi connectivity index (χ0v) is 15.6. The van der Waals surface area contributed by atoms with Crippen LogP contribution in [0.15, 0.2) is 23.6 Å². The quantitative estimate of drug-likeness (QED) is 0.757. The van der Waals surface area contributed by atoms with E-state index >= 15 is 0 Å². The monoisotopic (exact) mass is 366 g/mol. The van der Waals surface area contributed by atoms with Gasteiger partial charge in [-0.1, -0.05) is 0 Å². The molecule has 1 fully saturated rings. The Balaban J connectivity index is 1.70. The van der Waals surface area contributed by atoms with Crippen LogP contribution in [0.5, 0.6) is 5.88 Å². The molecule has 10 heteroatoms. The molecule has 25 heavy (non-hydrogen) atoms. The summed E-state index contributed by atoms with van der Waals surface area (Å²) in [6, 6.07) is 0. The lowest BCUT2D eigenvalue weighted by atomic mass is 10.3. The number of imidazole rings is 1. The standard InChI is InChI=1S/C15H22N6O3S/c1-11-17-15(10-20(11)4)25(22,23)21-6-5-12(9-21)24-14-8-16-7-13(18-14)19(2)3/h7-8,10,12H,5-6,9H2,1-4H3. The van der Waals surface area contributed by atoms with Gasteiger partial charge in [-0.15, -0.1) is 0 Å². The summed E-state index contributed by atoms with van der Waals surface area (Å²) in [6.07, 6.45) is 5.05. The molecule has 0 aliphatic carbocycles. The van der Waals surface area contributed by atoms with Crippen LogP contribution in [-0.4, -0.2) is 65.5 Å². The molecule has 1 aliphatic heterocycles. The molecule has 0 aromatic carbocycles. The number of aromatic nitrogens is 4. The van der Waals surface area contributed by atoms with Gasteiger partial charge in [-0.2, -0.15) is 9.29 Å². The largest absolute Gasteiger partial charge is 0.472 e. The van der Waals surface area contributed by atoms with Crippen LogP contribution < -0.4 is 9.64 Å². The van der Waals surface area contributed by atoms with Gasteiger partial charge in [0.25, 0.3) is 10.0 Å². The fraction of sp³-hybridized carbons (Fsp3) is 0.533. The maximum atomic E-state index is 12.7. The normalized spacial score (nSPS) is 18.5. The van der Waals surface area contributed by atoms with E-state index in [0.717, 1.165) is 0 Å². The third-order valence-electron chi connectivity index (χ3n) is 4.14. The molecule has 1 unspecified atom stereocenters. The minimum Gasteiger partial charge on any atom is -0.472 e. The molecular weight excluding hydrogens is 344 g/mol. The van der Waals surface area contributed by atoms with Crippen molar-refractivity contribution in [2.75, 3.05) is 32.1 Å². The van der Waals surface area contributed by atoms with Crippen molar-refractivity contribution in [3.8, 4) is 5.88 Å². The van der Waals surface area contributed by atoms with Gasteiger partial charge in [0.1, 0.15) is 11.9 Å². The summed E-state index contributed by atoms with van der Waals surface area (Å²) in [5.41, 5.74) is 0. The Morgan fingerprint density at radius 1 is 1.28 bits per heavy atom. The lowest BCUT2D eigenvalue weighted by Gasteiger charge is -2.16. The van der Waals surface area contributed by atoms with E-state index in [2.05, 4.69) is 15.0 Å². The molecule has 1 saturated heterocycles. The number of hydrogen-bond donors (Lipinski definition) is 0. The number of anilines is 1. The lowest BCUT2D eigenvalue weighted by molar-refractivity contribution is 0.206.